The lowest BCUT2D eigenvalue weighted by Crippen LogP contribution is -2.30. The molecule has 0 fully saturated rings. The Kier molecular flexibility index (Phi) is 4.28. The van der Waals surface area contributed by atoms with E-state index in [4.69, 9.17) is 0 Å². The van der Waals surface area contributed by atoms with Gasteiger partial charge in [-0.15, -0.1) is 0 Å². The number of carbonyl (C=O) groups excluding carboxylic acids is 1. The van der Waals surface area contributed by atoms with Gasteiger partial charge in [0.1, 0.15) is 5.75 Å². The van der Waals surface area contributed by atoms with Crippen molar-refractivity contribution < 1.29 is 9.90 Å². The number of hydrogen-bond donors (Lipinski definition) is 1. The predicted octanol–water partition coefficient (Wildman–Crippen LogP) is 3.66. The Morgan fingerprint density at radius 1 is 1.25 bits per heavy atom. The van der Waals surface area contributed by atoms with Crippen LogP contribution in [0.3, 0.4) is 0 Å². The Hall–Kier alpha value is -2.03. The fraction of sp³-hybridized carbons (Fsp3) is 0.353. The molecule has 3 heteroatoms. The van der Waals surface area contributed by atoms with Crippen molar-refractivity contribution in [2.75, 3.05) is 13.6 Å². The number of hydrogen-bond acceptors (Lipinski definition) is 2. The van der Waals surface area contributed by atoms with E-state index in [1.54, 1.807) is 18.0 Å². The lowest BCUT2D eigenvalue weighted by molar-refractivity contribution is 0.0772. The molecule has 2 rings (SSSR count). The minimum Gasteiger partial charge on any atom is -0.506 e. The summed E-state index contributed by atoms with van der Waals surface area (Å²) in [7, 11) is 1.78. The molecule has 0 spiro atoms. The maximum atomic E-state index is 12.4. The van der Waals surface area contributed by atoms with E-state index in [0.29, 0.717) is 18.0 Å². The fourth-order valence-corrected chi connectivity index (χ4v) is 2.31. The van der Waals surface area contributed by atoms with Gasteiger partial charge in [-0.25, -0.2) is 0 Å². The molecule has 1 N–H and O–H groups in total. The summed E-state index contributed by atoms with van der Waals surface area (Å²) in [5, 5.41) is 12.0. The van der Waals surface area contributed by atoms with E-state index in [-0.39, 0.29) is 11.7 Å². The highest BCUT2D eigenvalue weighted by atomic mass is 16.3. The van der Waals surface area contributed by atoms with Gasteiger partial charge in [-0.3, -0.25) is 4.79 Å². The van der Waals surface area contributed by atoms with E-state index in [1.165, 1.54) is 0 Å². The molecule has 0 aromatic heterocycles. The molecular formula is C17H21NO2. The molecule has 3 nitrogen and oxygen atoms in total. The second-order valence-electron chi connectivity index (χ2n) is 5.38. The second-order valence-corrected chi connectivity index (χ2v) is 5.38. The topological polar surface area (TPSA) is 40.5 Å². The van der Waals surface area contributed by atoms with E-state index in [2.05, 4.69) is 13.8 Å². The van der Waals surface area contributed by atoms with Crippen molar-refractivity contribution in [2.24, 2.45) is 5.92 Å². The molecule has 1 amide bonds. The second kappa shape index (κ2) is 5.95. The number of amides is 1. The Morgan fingerprint density at radius 3 is 2.65 bits per heavy atom. The van der Waals surface area contributed by atoms with Gasteiger partial charge in [0.05, 0.1) is 5.56 Å². The largest absolute Gasteiger partial charge is 0.506 e. The standard InChI is InChI=1S/C17H21NO2/c1-4-12(2)11-18(3)17(20)15-10-9-13-7-5-6-8-14(13)16(15)19/h5-10,12,19H,4,11H2,1-3H3. The van der Waals surface area contributed by atoms with Crippen LogP contribution in [0, 0.1) is 5.92 Å². The molecule has 0 aliphatic heterocycles. The van der Waals surface area contributed by atoms with Gasteiger partial charge in [-0.05, 0) is 17.4 Å². The lowest BCUT2D eigenvalue weighted by atomic mass is 10.0. The number of phenols is 1. The Labute approximate surface area is 119 Å². The van der Waals surface area contributed by atoms with Crippen LogP contribution in [0.2, 0.25) is 0 Å². The van der Waals surface area contributed by atoms with Crippen molar-refractivity contribution in [1.82, 2.24) is 4.90 Å². The summed E-state index contributed by atoms with van der Waals surface area (Å²) in [4.78, 5) is 14.1. The summed E-state index contributed by atoms with van der Waals surface area (Å²) in [5.41, 5.74) is 0.370. The number of aromatic hydroxyl groups is 1. The highest BCUT2D eigenvalue weighted by molar-refractivity contribution is 6.03. The van der Waals surface area contributed by atoms with Gasteiger partial charge < -0.3 is 10.0 Å². The molecule has 2 aromatic rings. The van der Waals surface area contributed by atoms with E-state index in [0.717, 1.165) is 17.2 Å². The molecule has 2 aromatic carbocycles. The molecule has 0 heterocycles. The normalized spacial score (nSPS) is 12.3. The van der Waals surface area contributed by atoms with Crippen LogP contribution in [0.15, 0.2) is 36.4 Å². The highest BCUT2D eigenvalue weighted by Gasteiger charge is 2.18. The van der Waals surface area contributed by atoms with E-state index in [1.807, 2.05) is 30.3 Å². The molecule has 1 atom stereocenters. The number of fused-ring (bicyclic) bond motifs is 1. The average Bonchev–Trinajstić information content (AvgIpc) is 2.47. The van der Waals surface area contributed by atoms with E-state index in [9.17, 15) is 9.90 Å². The van der Waals surface area contributed by atoms with Crippen LogP contribution in [0.1, 0.15) is 30.6 Å². The van der Waals surface area contributed by atoms with Gasteiger partial charge >= 0.3 is 0 Å². The lowest BCUT2D eigenvalue weighted by Gasteiger charge is -2.21. The summed E-state index contributed by atoms with van der Waals surface area (Å²) < 4.78 is 0. The van der Waals surface area contributed by atoms with Crippen LogP contribution < -0.4 is 0 Å². The van der Waals surface area contributed by atoms with Gasteiger partial charge in [0, 0.05) is 19.0 Å². The van der Waals surface area contributed by atoms with Gasteiger partial charge in [0.2, 0.25) is 0 Å². The smallest absolute Gasteiger partial charge is 0.257 e. The van der Waals surface area contributed by atoms with Crippen LogP contribution in [-0.2, 0) is 0 Å². The summed E-state index contributed by atoms with van der Waals surface area (Å²) in [6.45, 7) is 4.92. The summed E-state index contributed by atoms with van der Waals surface area (Å²) in [6, 6.07) is 11.1. The SMILES string of the molecule is CCC(C)CN(C)C(=O)c1ccc2ccccc2c1O. The van der Waals surface area contributed by atoms with Crippen LogP contribution in [0.5, 0.6) is 5.75 Å². The van der Waals surface area contributed by atoms with Crippen LogP contribution in [0.4, 0.5) is 0 Å². The number of rotatable bonds is 4. The quantitative estimate of drug-likeness (QED) is 0.921. The molecule has 0 radical (unpaired) electrons. The summed E-state index contributed by atoms with van der Waals surface area (Å²) >= 11 is 0. The first-order chi connectivity index (χ1) is 9.54. The maximum Gasteiger partial charge on any atom is 0.257 e. The fourth-order valence-electron chi connectivity index (χ4n) is 2.31. The third-order valence-electron chi connectivity index (χ3n) is 3.76. The molecule has 0 bridgehead atoms. The van der Waals surface area contributed by atoms with Gasteiger partial charge in [-0.1, -0.05) is 50.6 Å². The molecule has 0 saturated heterocycles. The van der Waals surface area contributed by atoms with Crippen molar-refractivity contribution in [3.8, 4) is 5.75 Å². The third-order valence-corrected chi connectivity index (χ3v) is 3.76. The molecule has 0 aliphatic carbocycles. The van der Waals surface area contributed by atoms with Gasteiger partial charge in [0.25, 0.3) is 5.91 Å². The number of carbonyl (C=O) groups is 1. The average molecular weight is 271 g/mol. The van der Waals surface area contributed by atoms with Crippen molar-refractivity contribution in [2.45, 2.75) is 20.3 Å². The van der Waals surface area contributed by atoms with Gasteiger partial charge in [-0.2, -0.15) is 0 Å². The van der Waals surface area contributed by atoms with Crippen LogP contribution >= 0.6 is 0 Å². The molecule has 0 saturated carbocycles. The molecule has 106 valence electrons. The van der Waals surface area contributed by atoms with Crippen molar-refractivity contribution in [3.05, 3.63) is 42.0 Å². The summed E-state index contributed by atoms with van der Waals surface area (Å²) in [6.07, 6.45) is 1.03. The van der Waals surface area contributed by atoms with E-state index >= 15 is 0 Å². The minimum absolute atomic E-state index is 0.0732. The first-order valence-corrected chi connectivity index (χ1v) is 7.00. The zero-order valence-corrected chi connectivity index (χ0v) is 12.3. The zero-order chi connectivity index (χ0) is 14.7. The summed E-state index contributed by atoms with van der Waals surface area (Å²) in [5.74, 6) is 0.393. The molecular weight excluding hydrogens is 250 g/mol. The number of phenolic OH excluding ortho intramolecular Hbond substituents is 1. The third kappa shape index (κ3) is 2.77. The Bertz CT molecular complexity index is 621. The van der Waals surface area contributed by atoms with E-state index < -0.39 is 0 Å². The van der Waals surface area contributed by atoms with Gasteiger partial charge in [0.15, 0.2) is 0 Å². The van der Waals surface area contributed by atoms with Crippen LogP contribution in [-0.4, -0.2) is 29.5 Å². The maximum absolute atomic E-state index is 12.4. The van der Waals surface area contributed by atoms with Crippen molar-refractivity contribution >= 4 is 16.7 Å². The first-order valence-electron chi connectivity index (χ1n) is 7.00. The monoisotopic (exact) mass is 271 g/mol. The zero-order valence-electron chi connectivity index (χ0n) is 12.3. The molecule has 20 heavy (non-hydrogen) atoms. The molecule has 0 aliphatic rings. The Morgan fingerprint density at radius 2 is 1.95 bits per heavy atom. The number of nitrogens with zero attached hydrogens (tertiary/aromatic N) is 1. The highest BCUT2D eigenvalue weighted by Crippen LogP contribution is 2.29. The first kappa shape index (κ1) is 14.4. The van der Waals surface area contributed by atoms with Crippen molar-refractivity contribution in [1.29, 1.82) is 0 Å². The number of benzene rings is 2. The molecule has 1 unspecified atom stereocenters. The Balaban J connectivity index is 2.33. The minimum atomic E-state index is -0.131. The van der Waals surface area contributed by atoms with Crippen LogP contribution in [0.25, 0.3) is 10.8 Å². The van der Waals surface area contributed by atoms with Crippen molar-refractivity contribution in [3.63, 3.8) is 0 Å². The predicted molar refractivity (Wildman–Crippen MR) is 82.0 cm³/mol.